The molecule has 0 saturated carbocycles. The Kier molecular flexibility index (Phi) is 5.32. The van der Waals surface area contributed by atoms with Gasteiger partial charge in [0.2, 0.25) is 0 Å². The van der Waals surface area contributed by atoms with Crippen LogP contribution in [0.3, 0.4) is 0 Å². The number of nitrogens with zero attached hydrogens (tertiary/aromatic N) is 1. The molecule has 0 aliphatic carbocycles. The first-order valence-electron chi connectivity index (χ1n) is 6.75. The minimum Gasteiger partial charge on any atom is -0.310 e. The maximum atomic E-state index is 13.2. The molecule has 0 bridgehead atoms. The molecule has 0 aromatic heterocycles. The fourth-order valence-electron chi connectivity index (χ4n) is 2.13. The molecule has 4 heteroatoms. The molecule has 1 unspecified atom stereocenters. The van der Waals surface area contributed by atoms with Gasteiger partial charge in [-0.3, -0.25) is 0 Å². The summed E-state index contributed by atoms with van der Waals surface area (Å²) in [6, 6.07) is 14.4. The van der Waals surface area contributed by atoms with Crippen molar-refractivity contribution in [2.75, 3.05) is 0 Å². The predicted molar refractivity (Wildman–Crippen MR) is 82.6 cm³/mol. The third-order valence-electron chi connectivity index (χ3n) is 3.29. The Bertz CT molecular complexity index is 664. The Morgan fingerprint density at radius 3 is 2.76 bits per heavy atom. The molecule has 2 aromatic rings. The Labute approximate surface area is 129 Å². The molecule has 0 radical (unpaired) electrons. The standard InChI is InChI=1S/C17H16ClFN2/c1-12(8-14-4-2-3-5-16(14)18)21-11-13-6-7-17(19)15(9-13)10-20/h2-7,9,12,21H,8,11H2,1H3. The van der Waals surface area contributed by atoms with Crippen LogP contribution < -0.4 is 5.32 Å². The lowest BCUT2D eigenvalue weighted by Gasteiger charge is -2.15. The molecule has 0 amide bonds. The number of hydrogen-bond donors (Lipinski definition) is 1. The first kappa shape index (κ1) is 15.5. The van der Waals surface area contributed by atoms with Gasteiger partial charge in [0.05, 0.1) is 5.56 Å². The minimum absolute atomic E-state index is 0.0769. The zero-order valence-electron chi connectivity index (χ0n) is 11.7. The third-order valence-corrected chi connectivity index (χ3v) is 3.66. The van der Waals surface area contributed by atoms with Gasteiger partial charge in [-0.15, -0.1) is 0 Å². The van der Waals surface area contributed by atoms with E-state index < -0.39 is 5.82 Å². The molecule has 0 heterocycles. The Balaban J connectivity index is 1.94. The molecule has 0 aliphatic heterocycles. The molecule has 0 saturated heterocycles. The summed E-state index contributed by atoms with van der Waals surface area (Å²) in [6.07, 6.45) is 0.811. The summed E-state index contributed by atoms with van der Waals surface area (Å²) in [4.78, 5) is 0. The van der Waals surface area contributed by atoms with Crippen molar-refractivity contribution in [2.24, 2.45) is 0 Å². The zero-order chi connectivity index (χ0) is 15.2. The second-order valence-corrected chi connectivity index (χ2v) is 5.41. The third kappa shape index (κ3) is 4.29. The van der Waals surface area contributed by atoms with Crippen LogP contribution in [0, 0.1) is 17.1 Å². The Morgan fingerprint density at radius 2 is 2.05 bits per heavy atom. The van der Waals surface area contributed by atoms with Gasteiger partial charge < -0.3 is 5.32 Å². The zero-order valence-corrected chi connectivity index (χ0v) is 12.5. The second kappa shape index (κ2) is 7.21. The number of benzene rings is 2. The monoisotopic (exact) mass is 302 g/mol. The van der Waals surface area contributed by atoms with Crippen LogP contribution in [0.25, 0.3) is 0 Å². The Hall–Kier alpha value is -1.89. The van der Waals surface area contributed by atoms with E-state index in [1.807, 2.05) is 30.3 Å². The molecule has 1 atom stereocenters. The molecular formula is C17H16ClFN2. The lowest BCUT2D eigenvalue weighted by Crippen LogP contribution is -2.27. The van der Waals surface area contributed by atoms with Gasteiger partial charge >= 0.3 is 0 Å². The van der Waals surface area contributed by atoms with Gasteiger partial charge in [-0.1, -0.05) is 35.9 Å². The number of halogens is 2. The number of rotatable bonds is 5. The molecule has 2 nitrogen and oxygen atoms in total. The van der Waals surface area contributed by atoms with Crippen LogP contribution in [0.1, 0.15) is 23.6 Å². The van der Waals surface area contributed by atoms with E-state index in [0.717, 1.165) is 22.6 Å². The summed E-state index contributed by atoms with van der Waals surface area (Å²) in [7, 11) is 0. The van der Waals surface area contributed by atoms with Gasteiger partial charge in [0.25, 0.3) is 0 Å². The molecule has 0 spiro atoms. The van der Waals surface area contributed by atoms with Crippen molar-refractivity contribution < 1.29 is 4.39 Å². The lowest BCUT2D eigenvalue weighted by molar-refractivity contribution is 0.544. The summed E-state index contributed by atoms with van der Waals surface area (Å²) in [5.74, 6) is -0.481. The van der Waals surface area contributed by atoms with Crippen LogP contribution in [-0.2, 0) is 13.0 Å². The van der Waals surface area contributed by atoms with Gasteiger partial charge in [0.1, 0.15) is 11.9 Å². The van der Waals surface area contributed by atoms with Crippen LogP contribution >= 0.6 is 11.6 Å². The summed E-state index contributed by atoms with van der Waals surface area (Å²) < 4.78 is 13.2. The average Bonchev–Trinajstić information content (AvgIpc) is 2.49. The fourth-order valence-corrected chi connectivity index (χ4v) is 2.34. The maximum absolute atomic E-state index is 13.2. The van der Waals surface area contributed by atoms with E-state index >= 15 is 0 Å². The van der Waals surface area contributed by atoms with Crippen LogP contribution in [0.5, 0.6) is 0 Å². The van der Waals surface area contributed by atoms with Crippen LogP contribution in [0.15, 0.2) is 42.5 Å². The lowest BCUT2D eigenvalue weighted by atomic mass is 10.1. The number of hydrogen-bond acceptors (Lipinski definition) is 2. The first-order valence-corrected chi connectivity index (χ1v) is 7.13. The van der Waals surface area contributed by atoms with E-state index in [1.54, 1.807) is 12.1 Å². The molecule has 21 heavy (non-hydrogen) atoms. The molecule has 108 valence electrons. The van der Waals surface area contributed by atoms with Crippen LogP contribution in [0.4, 0.5) is 4.39 Å². The first-order chi connectivity index (χ1) is 10.1. The highest BCUT2D eigenvalue weighted by molar-refractivity contribution is 6.31. The van der Waals surface area contributed by atoms with Crippen molar-refractivity contribution in [3.05, 3.63) is 70.0 Å². The highest BCUT2D eigenvalue weighted by atomic mass is 35.5. The van der Waals surface area contributed by atoms with Crippen LogP contribution in [-0.4, -0.2) is 6.04 Å². The maximum Gasteiger partial charge on any atom is 0.140 e. The number of nitriles is 1. The fraction of sp³-hybridized carbons (Fsp3) is 0.235. The number of nitrogens with one attached hydrogen (secondary N) is 1. The Morgan fingerprint density at radius 1 is 1.29 bits per heavy atom. The second-order valence-electron chi connectivity index (χ2n) is 5.00. The van der Waals surface area contributed by atoms with E-state index in [1.165, 1.54) is 6.07 Å². The van der Waals surface area contributed by atoms with Crippen molar-refractivity contribution in [1.82, 2.24) is 5.32 Å². The SMILES string of the molecule is CC(Cc1ccccc1Cl)NCc1ccc(F)c(C#N)c1. The van der Waals surface area contributed by atoms with E-state index in [9.17, 15) is 4.39 Å². The molecule has 0 aliphatic rings. The van der Waals surface area contributed by atoms with E-state index in [2.05, 4.69) is 12.2 Å². The highest BCUT2D eigenvalue weighted by Gasteiger charge is 2.07. The van der Waals surface area contributed by atoms with Crippen molar-refractivity contribution in [1.29, 1.82) is 5.26 Å². The van der Waals surface area contributed by atoms with Crippen molar-refractivity contribution in [3.63, 3.8) is 0 Å². The highest BCUT2D eigenvalue weighted by Crippen LogP contribution is 2.17. The van der Waals surface area contributed by atoms with Gasteiger partial charge in [0, 0.05) is 17.6 Å². The molecule has 0 fully saturated rings. The quantitative estimate of drug-likeness (QED) is 0.903. The summed E-state index contributed by atoms with van der Waals surface area (Å²) in [5.41, 5.74) is 2.06. The molecular weight excluding hydrogens is 287 g/mol. The smallest absolute Gasteiger partial charge is 0.140 e. The minimum atomic E-state index is -0.481. The van der Waals surface area contributed by atoms with Gasteiger partial charge in [-0.2, -0.15) is 5.26 Å². The van der Waals surface area contributed by atoms with E-state index in [0.29, 0.717) is 6.54 Å². The van der Waals surface area contributed by atoms with Crippen molar-refractivity contribution in [2.45, 2.75) is 25.9 Å². The van der Waals surface area contributed by atoms with E-state index in [-0.39, 0.29) is 11.6 Å². The largest absolute Gasteiger partial charge is 0.310 e. The van der Waals surface area contributed by atoms with Gasteiger partial charge in [0.15, 0.2) is 0 Å². The topological polar surface area (TPSA) is 35.8 Å². The van der Waals surface area contributed by atoms with Crippen LogP contribution in [0.2, 0.25) is 5.02 Å². The predicted octanol–water partition coefficient (Wildman–Crippen LogP) is 4.07. The molecule has 2 rings (SSSR count). The normalized spacial score (nSPS) is 11.9. The molecule has 2 aromatic carbocycles. The molecule has 1 N–H and O–H groups in total. The van der Waals surface area contributed by atoms with Crippen molar-refractivity contribution in [3.8, 4) is 6.07 Å². The summed E-state index contributed by atoms with van der Waals surface area (Å²) in [5, 5.41) is 12.9. The van der Waals surface area contributed by atoms with E-state index in [4.69, 9.17) is 16.9 Å². The van der Waals surface area contributed by atoms with Gasteiger partial charge in [-0.25, -0.2) is 4.39 Å². The average molecular weight is 303 g/mol. The summed E-state index contributed by atoms with van der Waals surface area (Å²) in [6.45, 7) is 2.65. The van der Waals surface area contributed by atoms with Gasteiger partial charge in [-0.05, 0) is 42.7 Å². The van der Waals surface area contributed by atoms with Crippen molar-refractivity contribution >= 4 is 11.6 Å². The summed E-state index contributed by atoms with van der Waals surface area (Å²) >= 11 is 6.14.